The van der Waals surface area contributed by atoms with Crippen LogP contribution in [0.15, 0.2) is 54.6 Å². The number of aryl methyl sites for hydroxylation is 1. The molecule has 8 heteroatoms. The molecule has 0 aliphatic heterocycles. The van der Waals surface area contributed by atoms with Crippen molar-refractivity contribution in [3.8, 4) is 0 Å². The molecule has 2 aromatic rings. The molecule has 1 atom stereocenters. The third-order valence-electron chi connectivity index (χ3n) is 5.11. The van der Waals surface area contributed by atoms with Crippen LogP contribution in [0.3, 0.4) is 0 Å². The van der Waals surface area contributed by atoms with Gasteiger partial charge in [0.05, 0.1) is 11.9 Å². The predicted octanol–water partition coefficient (Wildman–Crippen LogP) is 2.96. The topological polar surface area (TPSA) is 86.8 Å². The molecule has 7 nitrogen and oxygen atoms in total. The summed E-state index contributed by atoms with van der Waals surface area (Å²) in [5, 5.41) is 2.83. The SMILES string of the molecule is CCc1ccc(N(CC(=O)N(Cc2ccccc2)[C@H](C)C(=O)NC(C)C)S(C)(=O)=O)cc1. The normalized spacial score (nSPS) is 12.3. The zero-order valence-corrected chi connectivity index (χ0v) is 20.2. The summed E-state index contributed by atoms with van der Waals surface area (Å²) in [7, 11) is -3.72. The van der Waals surface area contributed by atoms with E-state index >= 15 is 0 Å². The standard InChI is InChI=1S/C24H33N3O4S/c1-6-20-12-14-22(15-13-20)27(32(5,30)31)17-23(28)26(16-21-10-8-7-9-11-21)19(4)24(29)25-18(2)3/h7-15,18-19H,6,16-17H2,1-5H3,(H,25,29)/t19-/m1/s1. The van der Waals surface area contributed by atoms with Gasteiger partial charge in [0.15, 0.2) is 0 Å². The van der Waals surface area contributed by atoms with Crippen molar-refractivity contribution in [3.05, 3.63) is 65.7 Å². The van der Waals surface area contributed by atoms with E-state index in [1.807, 2.05) is 63.2 Å². The number of benzene rings is 2. The van der Waals surface area contributed by atoms with E-state index in [9.17, 15) is 18.0 Å². The van der Waals surface area contributed by atoms with Crippen molar-refractivity contribution in [2.45, 2.75) is 52.7 Å². The number of amides is 2. The minimum Gasteiger partial charge on any atom is -0.352 e. The monoisotopic (exact) mass is 459 g/mol. The Kier molecular flexibility index (Phi) is 8.83. The van der Waals surface area contributed by atoms with Gasteiger partial charge in [-0.05, 0) is 50.5 Å². The van der Waals surface area contributed by atoms with Crippen LogP contribution in [-0.4, -0.2) is 50.0 Å². The maximum absolute atomic E-state index is 13.4. The Bertz CT molecular complexity index is 1010. The first-order chi connectivity index (χ1) is 15.0. The number of sulfonamides is 1. The van der Waals surface area contributed by atoms with Crippen LogP contribution in [0.2, 0.25) is 0 Å². The van der Waals surface area contributed by atoms with Crippen molar-refractivity contribution in [2.75, 3.05) is 17.1 Å². The average molecular weight is 460 g/mol. The summed E-state index contributed by atoms with van der Waals surface area (Å²) in [6, 6.07) is 15.6. The number of nitrogens with one attached hydrogen (secondary N) is 1. The number of hydrogen-bond donors (Lipinski definition) is 1. The molecule has 0 unspecified atom stereocenters. The van der Waals surface area contributed by atoms with Crippen LogP contribution in [0.1, 0.15) is 38.8 Å². The second-order valence-corrected chi connectivity index (χ2v) is 10.0. The summed E-state index contributed by atoms with van der Waals surface area (Å²) in [6.45, 7) is 7.16. The molecule has 2 aromatic carbocycles. The summed E-state index contributed by atoms with van der Waals surface area (Å²) >= 11 is 0. The molecule has 0 saturated heterocycles. The molecule has 32 heavy (non-hydrogen) atoms. The molecule has 0 spiro atoms. The second-order valence-electron chi connectivity index (χ2n) is 8.14. The van der Waals surface area contributed by atoms with Crippen LogP contribution in [0.4, 0.5) is 5.69 Å². The smallest absolute Gasteiger partial charge is 0.244 e. The summed E-state index contributed by atoms with van der Waals surface area (Å²) < 4.78 is 26.1. The van der Waals surface area contributed by atoms with E-state index in [1.54, 1.807) is 19.1 Å². The van der Waals surface area contributed by atoms with Gasteiger partial charge in [-0.25, -0.2) is 8.42 Å². The van der Waals surface area contributed by atoms with E-state index in [2.05, 4.69) is 5.32 Å². The number of hydrogen-bond acceptors (Lipinski definition) is 4. The van der Waals surface area contributed by atoms with Gasteiger partial charge in [-0.1, -0.05) is 49.4 Å². The minimum absolute atomic E-state index is 0.0803. The first-order valence-corrected chi connectivity index (χ1v) is 12.6. The van der Waals surface area contributed by atoms with Crippen LogP contribution >= 0.6 is 0 Å². The van der Waals surface area contributed by atoms with Gasteiger partial charge in [0.2, 0.25) is 21.8 Å². The second kappa shape index (κ2) is 11.1. The Morgan fingerprint density at radius 1 is 0.938 bits per heavy atom. The zero-order valence-electron chi connectivity index (χ0n) is 19.4. The molecular formula is C24H33N3O4S. The van der Waals surface area contributed by atoms with Gasteiger partial charge in [-0.2, -0.15) is 0 Å². The lowest BCUT2D eigenvalue weighted by molar-refractivity contribution is -0.139. The number of carbonyl (C=O) groups is 2. The van der Waals surface area contributed by atoms with Crippen molar-refractivity contribution in [1.82, 2.24) is 10.2 Å². The quantitative estimate of drug-likeness (QED) is 0.592. The Labute approximate surface area is 191 Å². The van der Waals surface area contributed by atoms with Gasteiger partial charge >= 0.3 is 0 Å². The molecule has 0 radical (unpaired) electrons. The molecule has 0 aliphatic rings. The largest absolute Gasteiger partial charge is 0.352 e. The van der Waals surface area contributed by atoms with Crippen molar-refractivity contribution < 1.29 is 18.0 Å². The molecule has 0 aliphatic carbocycles. The van der Waals surface area contributed by atoms with Gasteiger partial charge in [0.1, 0.15) is 12.6 Å². The lowest BCUT2D eigenvalue weighted by Gasteiger charge is -2.32. The highest BCUT2D eigenvalue weighted by atomic mass is 32.2. The van der Waals surface area contributed by atoms with E-state index in [0.717, 1.165) is 28.1 Å². The molecule has 0 saturated carbocycles. The van der Waals surface area contributed by atoms with E-state index in [0.29, 0.717) is 5.69 Å². The molecule has 2 amide bonds. The predicted molar refractivity (Wildman–Crippen MR) is 128 cm³/mol. The highest BCUT2D eigenvalue weighted by molar-refractivity contribution is 7.92. The van der Waals surface area contributed by atoms with Crippen LogP contribution in [-0.2, 0) is 32.6 Å². The maximum Gasteiger partial charge on any atom is 0.244 e. The zero-order chi connectivity index (χ0) is 23.9. The van der Waals surface area contributed by atoms with Gasteiger partial charge < -0.3 is 10.2 Å². The number of rotatable bonds is 10. The molecule has 0 aromatic heterocycles. The van der Waals surface area contributed by atoms with Gasteiger partial charge in [0.25, 0.3) is 0 Å². The molecular weight excluding hydrogens is 426 g/mol. The lowest BCUT2D eigenvalue weighted by atomic mass is 10.1. The number of carbonyl (C=O) groups excluding carboxylic acids is 2. The Morgan fingerprint density at radius 3 is 2.03 bits per heavy atom. The minimum atomic E-state index is -3.72. The highest BCUT2D eigenvalue weighted by Gasteiger charge is 2.30. The van der Waals surface area contributed by atoms with Crippen molar-refractivity contribution in [3.63, 3.8) is 0 Å². The van der Waals surface area contributed by atoms with E-state index < -0.39 is 28.5 Å². The van der Waals surface area contributed by atoms with Crippen molar-refractivity contribution >= 4 is 27.5 Å². The highest BCUT2D eigenvalue weighted by Crippen LogP contribution is 2.20. The van der Waals surface area contributed by atoms with Gasteiger partial charge in [-0.15, -0.1) is 0 Å². The van der Waals surface area contributed by atoms with Crippen LogP contribution in [0, 0.1) is 0 Å². The molecule has 2 rings (SSSR count). The van der Waals surface area contributed by atoms with Crippen molar-refractivity contribution in [1.29, 1.82) is 0 Å². The maximum atomic E-state index is 13.4. The first-order valence-electron chi connectivity index (χ1n) is 10.7. The number of nitrogens with zero attached hydrogens (tertiary/aromatic N) is 2. The lowest BCUT2D eigenvalue weighted by Crippen LogP contribution is -2.52. The molecule has 174 valence electrons. The summed E-state index contributed by atoms with van der Waals surface area (Å²) in [6.07, 6.45) is 1.90. The van der Waals surface area contributed by atoms with E-state index in [-0.39, 0.29) is 18.5 Å². The third kappa shape index (κ3) is 7.09. The van der Waals surface area contributed by atoms with Gasteiger partial charge in [0, 0.05) is 12.6 Å². The summed E-state index contributed by atoms with van der Waals surface area (Å²) in [4.78, 5) is 27.5. The molecule has 0 bridgehead atoms. The third-order valence-corrected chi connectivity index (χ3v) is 6.25. The number of anilines is 1. The molecule has 1 N–H and O–H groups in total. The Balaban J connectivity index is 2.35. The Morgan fingerprint density at radius 2 is 1.53 bits per heavy atom. The fourth-order valence-electron chi connectivity index (χ4n) is 3.28. The molecule has 0 heterocycles. The van der Waals surface area contributed by atoms with Crippen LogP contribution in [0.25, 0.3) is 0 Å². The molecule has 0 fully saturated rings. The van der Waals surface area contributed by atoms with Gasteiger partial charge in [-0.3, -0.25) is 13.9 Å². The van der Waals surface area contributed by atoms with Crippen LogP contribution in [0.5, 0.6) is 0 Å². The van der Waals surface area contributed by atoms with E-state index in [1.165, 1.54) is 4.90 Å². The van der Waals surface area contributed by atoms with Crippen LogP contribution < -0.4 is 9.62 Å². The van der Waals surface area contributed by atoms with E-state index in [4.69, 9.17) is 0 Å². The summed E-state index contributed by atoms with van der Waals surface area (Å²) in [5.41, 5.74) is 2.33. The fraction of sp³-hybridized carbons (Fsp3) is 0.417. The summed E-state index contributed by atoms with van der Waals surface area (Å²) in [5.74, 6) is -0.743. The first kappa shape index (κ1) is 25.4. The van der Waals surface area contributed by atoms with Crippen molar-refractivity contribution in [2.24, 2.45) is 0 Å². The fourth-order valence-corrected chi connectivity index (χ4v) is 4.13. The average Bonchev–Trinajstić information content (AvgIpc) is 2.74. The Hall–Kier alpha value is -2.87.